The zero-order valence-corrected chi connectivity index (χ0v) is 19.0. The summed E-state index contributed by atoms with van der Waals surface area (Å²) in [6.45, 7) is 0. The van der Waals surface area contributed by atoms with E-state index in [2.05, 4.69) is 142 Å². The summed E-state index contributed by atoms with van der Waals surface area (Å²) in [6, 6.07) is 43.4. The molecule has 0 aromatic heterocycles. The summed E-state index contributed by atoms with van der Waals surface area (Å²) in [7, 11) is 0. The average molecular weight is 474 g/mol. The van der Waals surface area contributed by atoms with Crippen molar-refractivity contribution in [2.75, 3.05) is 4.90 Å². The Kier molecular flexibility index (Phi) is 4.66. The molecular formula is C30H20BrN. The first kappa shape index (κ1) is 19.1. The molecule has 0 bridgehead atoms. The zero-order valence-electron chi connectivity index (χ0n) is 17.4. The van der Waals surface area contributed by atoms with E-state index in [4.69, 9.17) is 0 Å². The molecule has 0 amide bonds. The quantitative estimate of drug-likeness (QED) is 0.231. The molecule has 2 heteroatoms. The average Bonchev–Trinajstić information content (AvgIpc) is 2.84. The Morgan fingerprint density at radius 3 is 1.75 bits per heavy atom. The van der Waals surface area contributed by atoms with Gasteiger partial charge in [0, 0.05) is 21.5 Å². The van der Waals surface area contributed by atoms with Crippen molar-refractivity contribution in [2.45, 2.75) is 0 Å². The fraction of sp³-hybridized carbons (Fsp3) is 0. The lowest BCUT2D eigenvalue weighted by molar-refractivity contribution is 1.29. The van der Waals surface area contributed by atoms with Crippen molar-refractivity contribution in [3.8, 4) is 0 Å². The molecule has 6 aromatic rings. The lowest BCUT2D eigenvalue weighted by atomic mass is 10.0. The molecular weight excluding hydrogens is 454 g/mol. The van der Waals surface area contributed by atoms with Crippen molar-refractivity contribution in [2.24, 2.45) is 0 Å². The molecule has 0 aliphatic rings. The Labute approximate surface area is 195 Å². The molecule has 1 nitrogen and oxygen atoms in total. The van der Waals surface area contributed by atoms with Gasteiger partial charge in [-0.05, 0) is 80.8 Å². The molecule has 0 heterocycles. The highest BCUT2D eigenvalue weighted by Gasteiger charge is 2.14. The molecule has 0 spiro atoms. The smallest absolute Gasteiger partial charge is 0.0468 e. The van der Waals surface area contributed by atoms with Crippen LogP contribution in [0.25, 0.3) is 32.3 Å². The highest BCUT2D eigenvalue weighted by molar-refractivity contribution is 9.10. The molecule has 0 N–H and O–H groups in total. The normalized spacial score (nSPS) is 11.3. The van der Waals surface area contributed by atoms with Crippen molar-refractivity contribution in [1.29, 1.82) is 0 Å². The second kappa shape index (κ2) is 7.81. The van der Waals surface area contributed by atoms with E-state index < -0.39 is 0 Å². The molecule has 0 aliphatic carbocycles. The molecule has 0 atom stereocenters. The van der Waals surface area contributed by atoms with E-state index in [0.717, 1.165) is 21.5 Å². The number of benzene rings is 6. The summed E-state index contributed by atoms with van der Waals surface area (Å²) in [6.07, 6.45) is 0. The van der Waals surface area contributed by atoms with Gasteiger partial charge in [0.25, 0.3) is 0 Å². The van der Waals surface area contributed by atoms with Gasteiger partial charge in [0.2, 0.25) is 0 Å². The minimum absolute atomic E-state index is 1.10. The number of hydrogen-bond donors (Lipinski definition) is 0. The van der Waals surface area contributed by atoms with E-state index in [9.17, 15) is 0 Å². The highest BCUT2D eigenvalue weighted by Crippen LogP contribution is 2.38. The topological polar surface area (TPSA) is 3.24 Å². The zero-order chi connectivity index (χ0) is 21.5. The van der Waals surface area contributed by atoms with Gasteiger partial charge in [-0.15, -0.1) is 0 Å². The van der Waals surface area contributed by atoms with E-state index in [0.29, 0.717) is 0 Å². The Balaban J connectivity index is 1.56. The summed E-state index contributed by atoms with van der Waals surface area (Å²) < 4.78 is 1.10. The summed E-state index contributed by atoms with van der Waals surface area (Å²) in [5.74, 6) is 0. The van der Waals surface area contributed by atoms with Crippen LogP contribution in [0.1, 0.15) is 0 Å². The van der Waals surface area contributed by atoms with Crippen LogP contribution in [0.3, 0.4) is 0 Å². The minimum Gasteiger partial charge on any atom is -0.310 e. The highest BCUT2D eigenvalue weighted by atomic mass is 79.9. The monoisotopic (exact) mass is 473 g/mol. The van der Waals surface area contributed by atoms with Crippen LogP contribution in [0.15, 0.2) is 126 Å². The van der Waals surface area contributed by atoms with Crippen LogP contribution < -0.4 is 4.90 Å². The van der Waals surface area contributed by atoms with Crippen LogP contribution in [-0.4, -0.2) is 0 Å². The van der Waals surface area contributed by atoms with Crippen molar-refractivity contribution >= 4 is 65.3 Å². The van der Waals surface area contributed by atoms with Crippen LogP contribution >= 0.6 is 15.9 Å². The SMILES string of the molecule is Brc1ccc2c(ccc3cc(N(c4ccccc4)c4ccc5ccccc5c4)ccc32)c1. The molecule has 32 heavy (non-hydrogen) atoms. The summed E-state index contributed by atoms with van der Waals surface area (Å²) >= 11 is 3.59. The number of fused-ring (bicyclic) bond motifs is 4. The number of rotatable bonds is 3. The van der Waals surface area contributed by atoms with Gasteiger partial charge in [-0.1, -0.05) is 88.7 Å². The van der Waals surface area contributed by atoms with Crippen molar-refractivity contribution in [3.63, 3.8) is 0 Å². The molecule has 6 rings (SSSR count). The number of anilines is 3. The summed E-state index contributed by atoms with van der Waals surface area (Å²) in [5, 5.41) is 7.51. The predicted molar refractivity (Wildman–Crippen MR) is 141 cm³/mol. The van der Waals surface area contributed by atoms with Gasteiger partial charge in [-0.25, -0.2) is 0 Å². The standard InChI is InChI=1S/C30H20BrN/c31-25-13-16-29-23(18-25)10-11-24-20-28(15-17-30(24)29)32(26-8-2-1-3-9-26)27-14-12-21-6-4-5-7-22(21)19-27/h1-20H. The fourth-order valence-electron chi connectivity index (χ4n) is 4.51. The van der Waals surface area contributed by atoms with Gasteiger partial charge in [0.1, 0.15) is 0 Å². The number of nitrogens with zero attached hydrogens (tertiary/aromatic N) is 1. The third-order valence-corrected chi connectivity index (χ3v) is 6.54. The lowest BCUT2D eigenvalue weighted by Crippen LogP contribution is -2.09. The predicted octanol–water partition coefficient (Wildman–Crippen LogP) is 9.38. The molecule has 0 radical (unpaired) electrons. The van der Waals surface area contributed by atoms with Crippen molar-refractivity contribution in [1.82, 2.24) is 0 Å². The Hall–Kier alpha value is -3.62. The maximum atomic E-state index is 3.59. The first-order chi connectivity index (χ1) is 15.8. The Bertz CT molecular complexity index is 1590. The summed E-state index contributed by atoms with van der Waals surface area (Å²) in [4.78, 5) is 2.33. The van der Waals surface area contributed by atoms with Crippen LogP contribution in [0, 0.1) is 0 Å². The van der Waals surface area contributed by atoms with Gasteiger partial charge in [0.15, 0.2) is 0 Å². The van der Waals surface area contributed by atoms with Gasteiger partial charge in [-0.2, -0.15) is 0 Å². The van der Waals surface area contributed by atoms with Crippen molar-refractivity contribution < 1.29 is 0 Å². The molecule has 152 valence electrons. The van der Waals surface area contributed by atoms with E-state index in [-0.39, 0.29) is 0 Å². The van der Waals surface area contributed by atoms with Crippen LogP contribution in [0.4, 0.5) is 17.1 Å². The van der Waals surface area contributed by atoms with E-state index in [1.165, 1.54) is 32.3 Å². The summed E-state index contributed by atoms with van der Waals surface area (Å²) in [5.41, 5.74) is 3.45. The first-order valence-electron chi connectivity index (χ1n) is 10.7. The van der Waals surface area contributed by atoms with Gasteiger partial charge in [-0.3, -0.25) is 0 Å². The molecule has 0 unspecified atom stereocenters. The third kappa shape index (κ3) is 3.34. The van der Waals surface area contributed by atoms with Gasteiger partial charge < -0.3 is 4.90 Å². The van der Waals surface area contributed by atoms with Crippen molar-refractivity contribution in [3.05, 3.63) is 126 Å². The second-order valence-corrected chi connectivity index (χ2v) is 8.95. The third-order valence-electron chi connectivity index (χ3n) is 6.05. The molecule has 6 aromatic carbocycles. The maximum absolute atomic E-state index is 3.59. The fourth-order valence-corrected chi connectivity index (χ4v) is 4.89. The molecule has 0 fully saturated rings. The molecule has 0 aliphatic heterocycles. The lowest BCUT2D eigenvalue weighted by Gasteiger charge is -2.26. The largest absolute Gasteiger partial charge is 0.310 e. The minimum atomic E-state index is 1.10. The van der Waals surface area contributed by atoms with E-state index in [1.807, 2.05) is 0 Å². The molecule has 0 saturated heterocycles. The van der Waals surface area contributed by atoms with Crippen LogP contribution in [0.5, 0.6) is 0 Å². The Morgan fingerprint density at radius 2 is 0.969 bits per heavy atom. The van der Waals surface area contributed by atoms with Crippen LogP contribution in [-0.2, 0) is 0 Å². The van der Waals surface area contributed by atoms with E-state index >= 15 is 0 Å². The number of para-hydroxylation sites is 1. The number of hydrogen-bond acceptors (Lipinski definition) is 1. The van der Waals surface area contributed by atoms with Gasteiger partial charge >= 0.3 is 0 Å². The number of halogens is 1. The second-order valence-electron chi connectivity index (χ2n) is 8.04. The first-order valence-corrected chi connectivity index (χ1v) is 11.5. The van der Waals surface area contributed by atoms with Crippen LogP contribution in [0.2, 0.25) is 0 Å². The maximum Gasteiger partial charge on any atom is 0.0468 e. The van der Waals surface area contributed by atoms with Gasteiger partial charge in [0.05, 0.1) is 0 Å². The van der Waals surface area contributed by atoms with E-state index in [1.54, 1.807) is 0 Å². The Morgan fingerprint density at radius 1 is 0.406 bits per heavy atom. The molecule has 0 saturated carbocycles.